The number of hydrogen-bond donors (Lipinski definition) is 1. The van der Waals surface area contributed by atoms with Gasteiger partial charge in [-0.05, 0) is 31.7 Å². The minimum atomic E-state index is -0.625. The summed E-state index contributed by atoms with van der Waals surface area (Å²) < 4.78 is 5.37. The van der Waals surface area contributed by atoms with E-state index in [-0.39, 0.29) is 159 Å². The number of likely N-dealkylation sites (tertiary alicyclic amines) is 1. The second kappa shape index (κ2) is 23.5. The minimum absolute atomic E-state index is 0. The fourth-order valence-corrected chi connectivity index (χ4v) is 3.57. The van der Waals surface area contributed by atoms with E-state index in [4.69, 9.17) is 4.74 Å². The van der Waals surface area contributed by atoms with Crippen molar-refractivity contribution in [2.24, 2.45) is 0 Å². The van der Waals surface area contributed by atoms with Gasteiger partial charge in [-0.2, -0.15) is 0 Å². The summed E-state index contributed by atoms with van der Waals surface area (Å²) in [5.41, 5.74) is 1.06. The largest absolute Gasteiger partial charge is 1.00 e. The van der Waals surface area contributed by atoms with Gasteiger partial charge in [0.05, 0.1) is 18.2 Å². The van der Waals surface area contributed by atoms with Crippen molar-refractivity contribution >= 4 is 41.0 Å². The molecule has 1 N–H and O–H groups in total. The summed E-state index contributed by atoms with van der Waals surface area (Å²) in [6.07, 6.45) is 4.11. The minimum Gasteiger partial charge on any atom is -0.651 e. The number of ether oxygens (including phenoxy) is 1. The molecule has 1 fully saturated rings. The van der Waals surface area contributed by atoms with Crippen molar-refractivity contribution in [1.29, 1.82) is 0 Å². The second-order valence-corrected chi connectivity index (χ2v) is 9.07. The van der Waals surface area contributed by atoms with Gasteiger partial charge in [-0.1, -0.05) is 30.7 Å². The third-order valence-electron chi connectivity index (χ3n) is 5.74. The van der Waals surface area contributed by atoms with Crippen LogP contribution in [0.1, 0.15) is 63.9 Å². The third-order valence-corrected chi connectivity index (χ3v) is 5.74. The first kappa shape index (κ1) is 40.0. The van der Waals surface area contributed by atoms with Gasteiger partial charge in [0.1, 0.15) is 5.78 Å². The number of nitrogens with one attached hydrogen (secondary N) is 1. The summed E-state index contributed by atoms with van der Waals surface area (Å²) in [4.78, 5) is 71.1. The Morgan fingerprint density at radius 2 is 1.65 bits per heavy atom. The molecule has 2 rings (SSSR count). The maximum atomic E-state index is 12.0. The number of rotatable bonds is 18. The molecule has 0 saturated carbocycles. The van der Waals surface area contributed by atoms with Crippen LogP contribution in [0, 0.1) is 0 Å². The van der Waals surface area contributed by atoms with Crippen molar-refractivity contribution in [3.8, 4) is 0 Å². The number of carbonyl (C=O) groups is 6. The number of nitrogens with zero attached hydrogens (tertiary/aromatic N) is 3. The molecule has 0 aromatic heterocycles. The zero-order valence-corrected chi connectivity index (χ0v) is 33.7. The van der Waals surface area contributed by atoms with Gasteiger partial charge in [-0.3, -0.25) is 19.3 Å². The van der Waals surface area contributed by atoms with E-state index in [0.717, 1.165) is 19.3 Å². The van der Waals surface area contributed by atoms with Gasteiger partial charge >= 0.3 is 116 Å². The number of amides is 5. The quantitative estimate of drug-likeness (QED) is 0.0967. The maximum Gasteiger partial charge on any atom is 1.00 e. The third kappa shape index (κ3) is 17.8. The summed E-state index contributed by atoms with van der Waals surface area (Å²) in [6, 6.07) is 6.45. The molecule has 0 spiro atoms. The molecule has 0 unspecified atom stereocenters. The molecule has 11 nitrogen and oxygen atoms in total. The normalized spacial score (nSPS) is 11.8. The van der Waals surface area contributed by atoms with Crippen LogP contribution >= 0.6 is 0 Å². The summed E-state index contributed by atoms with van der Waals surface area (Å²) in [7, 11) is 0. The van der Waals surface area contributed by atoms with E-state index in [1.165, 1.54) is 4.90 Å². The number of ketones is 1. The molecule has 0 radical (unpaired) electrons. The van der Waals surface area contributed by atoms with E-state index in [0.29, 0.717) is 56.6 Å². The molecular formula is C27H36N4O7Rb2. The Labute approximate surface area is 333 Å². The first-order chi connectivity index (χ1) is 18.2. The molecule has 0 aliphatic carbocycles. The fourth-order valence-electron chi connectivity index (χ4n) is 3.57. The van der Waals surface area contributed by atoms with Gasteiger partial charge in [0.2, 0.25) is 17.7 Å². The molecule has 1 aliphatic heterocycles. The number of carbonyl (C=O) groups excluding carboxylic acids is 6. The average Bonchev–Trinajstić information content (AvgIpc) is 2.85. The first-order valence-electron chi connectivity index (χ1n) is 13.0. The van der Waals surface area contributed by atoms with Crippen LogP contribution in [-0.4, -0.2) is 73.1 Å². The average molecular weight is 700 g/mol. The number of benzene rings is 1. The van der Waals surface area contributed by atoms with Crippen molar-refractivity contribution in [1.82, 2.24) is 10.2 Å². The number of imide groups is 1. The van der Waals surface area contributed by atoms with Gasteiger partial charge in [0.25, 0.3) is 0 Å². The van der Waals surface area contributed by atoms with E-state index < -0.39 is 18.2 Å². The van der Waals surface area contributed by atoms with Crippen LogP contribution in [0.3, 0.4) is 0 Å². The molecule has 1 heterocycles. The summed E-state index contributed by atoms with van der Waals surface area (Å²) in [5.74, 6) is -1.50. The number of hydrogen-bond acceptors (Lipinski definition) is 7. The van der Waals surface area contributed by atoms with Crippen molar-refractivity contribution < 1.29 is 150 Å². The van der Waals surface area contributed by atoms with Crippen LogP contribution < -0.4 is 122 Å². The second-order valence-electron chi connectivity index (χ2n) is 9.07. The van der Waals surface area contributed by atoms with Crippen molar-refractivity contribution in [3.05, 3.63) is 40.5 Å². The van der Waals surface area contributed by atoms with Crippen LogP contribution in [0.2, 0.25) is 0 Å². The van der Waals surface area contributed by atoms with Gasteiger partial charge in [-0.25, -0.2) is 0 Å². The van der Waals surface area contributed by atoms with E-state index in [2.05, 4.69) is 16.0 Å². The van der Waals surface area contributed by atoms with Crippen LogP contribution in [0.25, 0.3) is 10.6 Å². The van der Waals surface area contributed by atoms with Crippen LogP contribution in [0.15, 0.2) is 24.3 Å². The van der Waals surface area contributed by atoms with E-state index in [1.54, 1.807) is 31.2 Å². The molecular weight excluding hydrogens is 663 g/mol. The summed E-state index contributed by atoms with van der Waals surface area (Å²) in [6.45, 7) is 3.30. The van der Waals surface area contributed by atoms with Crippen molar-refractivity contribution in [3.63, 3.8) is 0 Å². The van der Waals surface area contributed by atoms with Gasteiger partial charge in [-0.15, -0.1) is 12.2 Å². The zero-order valence-electron chi connectivity index (χ0n) is 23.9. The van der Waals surface area contributed by atoms with Gasteiger partial charge in [0.15, 0.2) is 0 Å². The molecule has 0 bridgehead atoms. The Kier molecular flexibility index (Phi) is 23.5. The van der Waals surface area contributed by atoms with E-state index >= 15 is 0 Å². The Bertz CT molecular complexity index is 990. The maximum absolute atomic E-state index is 12.0. The topological polar surface area (TPSA) is 155 Å². The van der Waals surface area contributed by atoms with Crippen LogP contribution in [0.5, 0.6) is 0 Å². The molecule has 1 aliphatic rings. The summed E-state index contributed by atoms with van der Waals surface area (Å²) in [5, 5.41) is 10.5. The van der Waals surface area contributed by atoms with Crippen molar-refractivity contribution in [2.75, 3.05) is 32.8 Å². The number of β-lactam (4-membered cyclic amide) rings is 1. The van der Waals surface area contributed by atoms with Crippen LogP contribution in [-0.2, 0) is 39.9 Å². The summed E-state index contributed by atoms with van der Waals surface area (Å²) >= 11 is 0. The molecule has 208 valence electrons. The van der Waals surface area contributed by atoms with Gasteiger partial charge in [0, 0.05) is 52.0 Å². The van der Waals surface area contributed by atoms with E-state index in [9.17, 15) is 28.8 Å². The molecule has 1 aromatic rings. The van der Waals surface area contributed by atoms with Crippen molar-refractivity contribution in [2.45, 2.75) is 64.7 Å². The molecule has 13 heteroatoms. The first-order valence-corrected chi connectivity index (χ1v) is 13.0. The predicted octanol–water partition coefficient (Wildman–Crippen LogP) is -3.12. The Morgan fingerprint density at radius 1 is 0.925 bits per heavy atom. The Balaban J connectivity index is 0.00000760. The Morgan fingerprint density at radius 3 is 2.27 bits per heavy atom. The monoisotopic (exact) mass is 698 g/mol. The fraction of sp³-hybridized carbons (Fsp3) is 0.556. The number of Topliss-reactive ketones (excluding diaryl/α,β-unsaturated/α-hetero) is 1. The SMILES string of the molecule is CC(=O)CCCCCNC(=O)CCCOCC[N-]C(=O)CC(=O)[N-]c1ccc(CC(=O)N2CCC2=O)cc1.[Rb+].[Rb+]. The zero-order chi connectivity index (χ0) is 27.8. The van der Waals surface area contributed by atoms with Crippen LogP contribution in [0.4, 0.5) is 5.69 Å². The number of unbranched alkanes of at least 4 members (excludes halogenated alkanes) is 2. The molecule has 5 amide bonds. The molecule has 40 heavy (non-hydrogen) atoms. The van der Waals surface area contributed by atoms with Gasteiger partial charge < -0.3 is 35.1 Å². The molecule has 1 aromatic carbocycles. The smallest absolute Gasteiger partial charge is 0.651 e. The van der Waals surface area contributed by atoms with E-state index in [1.807, 2.05) is 0 Å². The molecule has 0 atom stereocenters. The molecule has 1 saturated heterocycles. The standard InChI is InChI=1S/C27H38N4O7.2Rb/c1-20(32)6-3-2-4-13-28-23(33)7-5-16-38-17-14-29-24(34)19-25(35)30-22-10-8-21(9-11-22)18-27(37)31-15-12-26(31)36;;/h8-11H,2-7,12-19H2,1H3,(H3,28,29,30,33,34,35);;/q;2*+1/p-2. The Hall–Kier alpha value is 0.0104. The predicted molar refractivity (Wildman–Crippen MR) is 140 cm³/mol.